The molecule has 0 spiro atoms. The van der Waals surface area contributed by atoms with Crippen LogP contribution in [0, 0.1) is 0 Å². The van der Waals surface area contributed by atoms with E-state index in [1.165, 1.54) is 0 Å². The van der Waals surface area contributed by atoms with Gasteiger partial charge in [0.1, 0.15) is 0 Å². The summed E-state index contributed by atoms with van der Waals surface area (Å²) in [5.41, 5.74) is 1.80. The molecule has 0 aliphatic heterocycles. The Morgan fingerprint density at radius 1 is 1.42 bits per heavy atom. The second kappa shape index (κ2) is 6.14. The van der Waals surface area contributed by atoms with E-state index in [1.807, 2.05) is 36.2 Å². The molecule has 4 nitrogen and oxygen atoms in total. The van der Waals surface area contributed by atoms with E-state index in [2.05, 4.69) is 4.98 Å². The molecule has 0 aliphatic carbocycles. The van der Waals surface area contributed by atoms with Gasteiger partial charge in [-0.05, 0) is 18.7 Å². The highest BCUT2D eigenvalue weighted by Gasteiger charge is 2.11. The Bertz CT molecular complexity index is 586. The summed E-state index contributed by atoms with van der Waals surface area (Å²) in [6.45, 7) is 1.29. The summed E-state index contributed by atoms with van der Waals surface area (Å²) in [7, 11) is 1.95. The van der Waals surface area contributed by atoms with Crippen molar-refractivity contribution in [3.8, 4) is 0 Å². The van der Waals surface area contributed by atoms with Crippen LogP contribution in [0.1, 0.15) is 21.1 Å². The quantitative estimate of drug-likeness (QED) is 0.921. The lowest BCUT2D eigenvalue weighted by atomic mass is 10.2. The van der Waals surface area contributed by atoms with E-state index in [1.54, 1.807) is 5.38 Å². The van der Waals surface area contributed by atoms with Crippen molar-refractivity contribution in [1.29, 1.82) is 0 Å². The van der Waals surface area contributed by atoms with Gasteiger partial charge in [-0.3, -0.25) is 4.90 Å². The largest absolute Gasteiger partial charge is 0.476 e. The number of nitrogens with zero attached hydrogens (tertiary/aromatic N) is 2. The van der Waals surface area contributed by atoms with Crippen molar-refractivity contribution < 1.29 is 9.90 Å². The van der Waals surface area contributed by atoms with Crippen molar-refractivity contribution in [2.75, 3.05) is 7.05 Å². The Morgan fingerprint density at radius 2 is 2.16 bits per heavy atom. The maximum Gasteiger partial charge on any atom is 0.365 e. The van der Waals surface area contributed by atoms with Gasteiger partial charge in [0.15, 0.2) is 0 Å². The number of carbonyl (C=O) groups is 1. The van der Waals surface area contributed by atoms with Crippen LogP contribution in [0.3, 0.4) is 0 Å². The lowest BCUT2D eigenvalue weighted by Crippen LogP contribution is -2.17. The van der Waals surface area contributed by atoms with Crippen LogP contribution in [0.4, 0.5) is 0 Å². The van der Waals surface area contributed by atoms with Gasteiger partial charge in [0.2, 0.25) is 5.01 Å². The number of aromatic nitrogens is 1. The molecule has 0 fully saturated rings. The van der Waals surface area contributed by atoms with Gasteiger partial charge in [0, 0.05) is 23.5 Å². The molecule has 1 heterocycles. The lowest BCUT2D eigenvalue weighted by molar-refractivity contribution is 0.0696. The number of thiazole rings is 1. The molecule has 1 N–H and O–H groups in total. The highest BCUT2D eigenvalue weighted by Crippen LogP contribution is 2.18. The number of carboxylic acid groups (broad SMARTS) is 1. The molecule has 0 atom stereocenters. The van der Waals surface area contributed by atoms with Crippen LogP contribution in [0.5, 0.6) is 0 Å². The van der Waals surface area contributed by atoms with Crippen LogP contribution >= 0.6 is 22.9 Å². The van der Waals surface area contributed by atoms with Crippen LogP contribution in [0.2, 0.25) is 5.02 Å². The molecule has 0 saturated heterocycles. The lowest BCUT2D eigenvalue weighted by Gasteiger charge is -2.16. The highest BCUT2D eigenvalue weighted by atomic mass is 35.5. The smallest absolute Gasteiger partial charge is 0.365 e. The van der Waals surface area contributed by atoms with Gasteiger partial charge >= 0.3 is 5.97 Å². The first-order valence-electron chi connectivity index (χ1n) is 5.66. The van der Waals surface area contributed by atoms with Crippen molar-refractivity contribution in [1.82, 2.24) is 9.88 Å². The van der Waals surface area contributed by atoms with Crippen molar-refractivity contribution >= 4 is 28.9 Å². The van der Waals surface area contributed by atoms with Crippen LogP contribution in [-0.4, -0.2) is 28.0 Å². The van der Waals surface area contributed by atoms with Gasteiger partial charge in [0.05, 0.1) is 5.69 Å². The van der Waals surface area contributed by atoms with Gasteiger partial charge in [-0.25, -0.2) is 9.78 Å². The molecule has 0 bridgehead atoms. The summed E-state index contributed by atoms with van der Waals surface area (Å²) in [5, 5.41) is 11.5. The van der Waals surface area contributed by atoms with Crippen molar-refractivity contribution in [3.63, 3.8) is 0 Å². The van der Waals surface area contributed by atoms with Gasteiger partial charge < -0.3 is 5.11 Å². The van der Waals surface area contributed by atoms with E-state index in [0.29, 0.717) is 13.1 Å². The topological polar surface area (TPSA) is 53.4 Å². The van der Waals surface area contributed by atoms with E-state index in [4.69, 9.17) is 16.7 Å². The second-order valence-corrected chi connectivity index (χ2v) is 5.48. The maximum atomic E-state index is 10.8. The molecule has 0 saturated carbocycles. The third-order valence-electron chi connectivity index (χ3n) is 2.56. The first kappa shape index (κ1) is 14.0. The number of aromatic carboxylic acids is 1. The first-order valence-corrected chi connectivity index (χ1v) is 6.91. The van der Waals surface area contributed by atoms with E-state index < -0.39 is 5.97 Å². The zero-order chi connectivity index (χ0) is 13.8. The first-order chi connectivity index (χ1) is 9.06. The molecule has 2 rings (SSSR count). The monoisotopic (exact) mass is 296 g/mol. The van der Waals surface area contributed by atoms with Crippen molar-refractivity contribution in [3.05, 3.63) is 50.9 Å². The van der Waals surface area contributed by atoms with E-state index in [-0.39, 0.29) is 5.01 Å². The number of benzene rings is 1. The Hall–Kier alpha value is -1.43. The van der Waals surface area contributed by atoms with Gasteiger partial charge in [-0.1, -0.05) is 29.8 Å². The minimum Gasteiger partial charge on any atom is -0.476 e. The third-order valence-corrected chi connectivity index (χ3v) is 3.81. The maximum absolute atomic E-state index is 10.8. The summed E-state index contributed by atoms with van der Waals surface area (Å²) in [6.07, 6.45) is 0. The molecule has 1 aromatic heterocycles. The number of carboxylic acids is 1. The molecule has 19 heavy (non-hydrogen) atoms. The normalized spacial score (nSPS) is 10.9. The van der Waals surface area contributed by atoms with Crippen molar-refractivity contribution in [2.45, 2.75) is 13.1 Å². The molecule has 0 radical (unpaired) electrons. The minimum atomic E-state index is -0.981. The molecule has 100 valence electrons. The Morgan fingerprint density at radius 3 is 2.79 bits per heavy atom. The molecule has 0 amide bonds. The minimum absolute atomic E-state index is 0.126. The van der Waals surface area contributed by atoms with Crippen LogP contribution in [-0.2, 0) is 13.1 Å². The summed E-state index contributed by atoms with van der Waals surface area (Å²) >= 11 is 7.24. The fraction of sp³-hybridized carbons (Fsp3) is 0.231. The van der Waals surface area contributed by atoms with Crippen molar-refractivity contribution in [2.24, 2.45) is 0 Å². The SMILES string of the molecule is CN(Cc1csc(C(=O)O)n1)Cc1ccccc1Cl. The Labute approximate surface area is 120 Å². The predicted molar refractivity (Wildman–Crippen MR) is 75.7 cm³/mol. The Kier molecular flexibility index (Phi) is 4.52. The average Bonchev–Trinajstić information content (AvgIpc) is 2.80. The van der Waals surface area contributed by atoms with Crippen LogP contribution in [0.25, 0.3) is 0 Å². The molecular formula is C13H13ClN2O2S. The summed E-state index contributed by atoms with van der Waals surface area (Å²) in [4.78, 5) is 16.9. The van der Waals surface area contributed by atoms with Gasteiger partial charge in [0.25, 0.3) is 0 Å². The zero-order valence-electron chi connectivity index (χ0n) is 10.3. The summed E-state index contributed by atoms with van der Waals surface area (Å²) in [6, 6.07) is 7.67. The molecule has 6 heteroatoms. The van der Waals surface area contributed by atoms with E-state index >= 15 is 0 Å². The van der Waals surface area contributed by atoms with Gasteiger partial charge in [-0.15, -0.1) is 11.3 Å². The number of rotatable bonds is 5. The molecule has 1 aromatic carbocycles. The number of hydrogen-bond acceptors (Lipinski definition) is 4. The molecular weight excluding hydrogens is 284 g/mol. The molecule has 0 aliphatic rings. The summed E-state index contributed by atoms with van der Waals surface area (Å²) in [5.74, 6) is -0.981. The third kappa shape index (κ3) is 3.76. The van der Waals surface area contributed by atoms with Crippen LogP contribution < -0.4 is 0 Å². The number of hydrogen-bond donors (Lipinski definition) is 1. The highest BCUT2D eigenvalue weighted by molar-refractivity contribution is 7.11. The van der Waals surface area contributed by atoms with E-state index in [9.17, 15) is 4.79 Å². The molecule has 2 aromatic rings. The standard InChI is InChI=1S/C13H13ClN2O2S/c1-16(6-9-4-2-3-5-11(9)14)7-10-8-19-12(15-10)13(17)18/h2-5,8H,6-7H2,1H3,(H,17,18). The average molecular weight is 297 g/mol. The Balaban J connectivity index is 1.99. The zero-order valence-corrected chi connectivity index (χ0v) is 11.9. The van der Waals surface area contributed by atoms with Crippen LogP contribution in [0.15, 0.2) is 29.6 Å². The van der Waals surface area contributed by atoms with E-state index in [0.717, 1.165) is 27.6 Å². The van der Waals surface area contributed by atoms with Gasteiger partial charge in [-0.2, -0.15) is 0 Å². The fourth-order valence-electron chi connectivity index (χ4n) is 1.73. The summed E-state index contributed by atoms with van der Waals surface area (Å²) < 4.78 is 0. The molecule has 0 unspecified atom stereocenters. The fourth-order valence-corrected chi connectivity index (χ4v) is 2.57. The number of halogens is 1. The predicted octanol–water partition coefficient (Wildman–Crippen LogP) is 3.13. The second-order valence-electron chi connectivity index (χ2n) is 4.21.